The maximum atomic E-state index is 11.7. The Morgan fingerprint density at radius 1 is 1.53 bits per heavy atom. The molecule has 0 aromatic carbocycles. The lowest BCUT2D eigenvalue weighted by atomic mass is 10.1. The lowest BCUT2D eigenvalue weighted by Gasteiger charge is -2.08. The highest BCUT2D eigenvalue weighted by Gasteiger charge is 2.22. The summed E-state index contributed by atoms with van der Waals surface area (Å²) >= 11 is 0. The van der Waals surface area contributed by atoms with Crippen molar-refractivity contribution in [3.05, 3.63) is 18.2 Å². The van der Waals surface area contributed by atoms with E-state index in [-0.39, 0.29) is 11.8 Å². The van der Waals surface area contributed by atoms with Gasteiger partial charge in [-0.3, -0.25) is 4.79 Å². The summed E-state index contributed by atoms with van der Waals surface area (Å²) in [5.74, 6) is 0.828. The molecule has 0 saturated carbocycles. The predicted octanol–water partition coefficient (Wildman–Crippen LogP) is 0.333. The highest BCUT2D eigenvalue weighted by atomic mass is 16.1. The topological polar surface area (TPSA) is 66.9 Å². The van der Waals surface area contributed by atoms with Crippen molar-refractivity contribution < 1.29 is 4.79 Å². The molecule has 0 spiro atoms. The zero-order chi connectivity index (χ0) is 10.7. The molecule has 1 aromatic heterocycles. The van der Waals surface area contributed by atoms with Gasteiger partial charge in [-0.25, -0.2) is 9.97 Å². The van der Waals surface area contributed by atoms with Crippen LogP contribution >= 0.6 is 0 Å². The average Bonchev–Trinajstić information content (AvgIpc) is 2.74. The normalized spacial score (nSPS) is 20.2. The fraction of sp³-hybridized carbons (Fsp3) is 0.500. The zero-order valence-corrected chi connectivity index (χ0v) is 8.66. The van der Waals surface area contributed by atoms with E-state index < -0.39 is 0 Å². The van der Waals surface area contributed by atoms with E-state index in [2.05, 4.69) is 20.6 Å². The molecular formula is C10H14N4O. The number of anilines is 1. The van der Waals surface area contributed by atoms with Crippen LogP contribution in [0.5, 0.6) is 0 Å². The Morgan fingerprint density at radius 2 is 2.27 bits per heavy atom. The second-order valence-corrected chi connectivity index (χ2v) is 3.70. The smallest absolute Gasteiger partial charge is 0.228 e. The number of nitrogens with one attached hydrogen (secondary N) is 2. The molecule has 0 aliphatic carbocycles. The second-order valence-electron chi connectivity index (χ2n) is 3.70. The molecule has 1 aromatic rings. The standard InChI is InChI=1S/C10H14N4O/c1-7-12-5-9(6-13-7)14-10(15)8-2-3-11-4-8/h5-6,8,11H,2-4H2,1H3,(H,14,15). The summed E-state index contributed by atoms with van der Waals surface area (Å²) in [5.41, 5.74) is 0.664. The lowest BCUT2D eigenvalue weighted by Crippen LogP contribution is -2.24. The summed E-state index contributed by atoms with van der Waals surface area (Å²) in [6.07, 6.45) is 4.16. The molecule has 2 heterocycles. The van der Waals surface area contributed by atoms with Gasteiger partial charge in [0.05, 0.1) is 24.0 Å². The fourth-order valence-corrected chi connectivity index (χ4v) is 1.58. The minimum absolute atomic E-state index is 0.0486. The summed E-state index contributed by atoms with van der Waals surface area (Å²) in [6, 6.07) is 0. The van der Waals surface area contributed by atoms with Crippen molar-refractivity contribution >= 4 is 11.6 Å². The van der Waals surface area contributed by atoms with Crippen LogP contribution in [0, 0.1) is 12.8 Å². The van der Waals surface area contributed by atoms with E-state index in [0.29, 0.717) is 11.5 Å². The Bertz CT molecular complexity index is 343. The van der Waals surface area contributed by atoms with Crippen LogP contribution in [-0.4, -0.2) is 29.0 Å². The summed E-state index contributed by atoms with van der Waals surface area (Å²) in [4.78, 5) is 19.7. The van der Waals surface area contributed by atoms with Gasteiger partial charge in [-0.15, -0.1) is 0 Å². The van der Waals surface area contributed by atoms with Gasteiger partial charge in [0.15, 0.2) is 0 Å². The van der Waals surface area contributed by atoms with Gasteiger partial charge in [-0.1, -0.05) is 0 Å². The molecule has 15 heavy (non-hydrogen) atoms. The first-order chi connectivity index (χ1) is 7.25. The minimum atomic E-state index is 0.0486. The highest BCUT2D eigenvalue weighted by molar-refractivity contribution is 5.92. The van der Waals surface area contributed by atoms with Crippen molar-refractivity contribution in [2.75, 3.05) is 18.4 Å². The van der Waals surface area contributed by atoms with Gasteiger partial charge in [0.1, 0.15) is 5.82 Å². The number of aryl methyl sites for hydroxylation is 1. The lowest BCUT2D eigenvalue weighted by molar-refractivity contribution is -0.119. The van der Waals surface area contributed by atoms with E-state index in [1.807, 2.05) is 6.92 Å². The molecule has 1 saturated heterocycles. The van der Waals surface area contributed by atoms with Crippen molar-refractivity contribution in [2.45, 2.75) is 13.3 Å². The van der Waals surface area contributed by atoms with Crippen LogP contribution in [0.15, 0.2) is 12.4 Å². The van der Waals surface area contributed by atoms with Gasteiger partial charge in [0.2, 0.25) is 5.91 Å². The number of hydrogen-bond acceptors (Lipinski definition) is 4. The zero-order valence-electron chi connectivity index (χ0n) is 8.66. The number of aromatic nitrogens is 2. The summed E-state index contributed by atoms with van der Waals surface area (Å²) < 4.78 is 0. The minimum Gasteiger partial charge on any atom is -0.323 e. The average molecular weight is 206 g/mol. The van der Waals surface area contributed by atoms with Crippen LogP contribution in [0.1, 0.15) is 12.2 Å². The quantitative estimate of drug-likeness (QED) is 0.732. The first-order valence-corrected chi connectivity index (χ1v) is 5.06. The number of rotatable bonds is 2. The third kappa shape index (κ3) is 2.50. The fourth-order valence-electron chi connectivity index (χ4n) is 1.58. The van der Waals surface area contributed by atoms with Gasteiger partial charge >= 0.3 is 0 Å². The van der Waals surface area contributed by atoms with E-state index in [0.717, 1.165) is 19.5 Å². The Labute approximate surface area is 88.3 Å². The van der Waals surface area contributed by atoms with Gasteiger partial charge in [0.25, 0.3) is 0 Å². The Balaban J connectivity index is 1.96. The van der Waals surface area contributed by atoms with Gasteiger partial charge in [-0.2, -0.15) is 0 Å². The van der Waals surface area contributed by atoms with Crippen LogP contribution in [0.4, 0.5) is 5.69 Å². The number of carbonyl (C=O) groups excluding carboxylic acids is 1. The molecule has 0 radical (unpaired) electrons. The molecule has 1 fully saturated rings. The Hall–Kier alpha value is -1.49. The molecule has 0 bridgehead atoms. The highest BCUT2D eigenvalue weighted by Crippen LogP contribution is 2.11. The van der Waals surface area contributed by atoms with Gasteiger partial charge in [-0.05, 0) is 19.9 Å². The molecule has 1 amide bonds. The van der Waals surface area contributed by atoms with Crippen LogP contribution in [0.25, 0.3) is 0 Å². The van der Waals surface area contributed by atoms with E-state index in [1.165, 1.54) is 0 Å². The van der Waals surface area contributed by atoms with Crippen molar-refractivity contribution in [1.82, 2.24) is 15.3 Å². The third-order valence-corrected chi connectivity index (χ3v) is 2.48. The molecule has 1 atom stereocenters. The molecule has 1 aliphatic rings. The largest absolute Gasteiger partial charge is 0.323 e. The number of amides is 1. The van der Waals surface area contributed by atoms with Crippen LogP contribution in [0.2, 0.25) is 0 Å². The molecule has 2 rings (SSSR count). The summed E-state index contributed by atoms with van der Waals surface area (Å²) in [7, 11) is 0. The number of carbonyl (C=O) groups is 1. The third-order valence-electron chi connectivity index (χ3n) is 2.48. The Kier molecular flexibility index (Phi) is 2.91. The Morgan fingerprint density at radius 3 is 2.87 bits per heavy atom. The first-order valence-electron chi connectivity index (χ1n) is 5.06. The molecule has 5 heteroatoms. The molecular weight excluding hydrogens is 192 g/mol. The monoisotopic (exact) mass is 206 g/mol. The SMILES string of the molecule is Cc1ncc(NC(=O)C2CCNC2)cn1. The molecule has 5 nitrogen and oxygen atoms in total. The molecule has 1 unspecified atom stereocenters. The second kappa shape index (κ2) is 4.35. The van der Waals surface area contributed by atoms with Crippen molar-refractivity contribution in [3.8, 4) is 0 Å². The predicted molar refractivity (Wildman–Crippen MR) is 56.4 cm³/mol. The van der Waals surface area contributed by atoms with Crippen LogP contribution in [0.3, 0.4) is 0 Å². The van der Waals surface area contributed by atoms with E-state index in [1.54, 1.807) is 12.4 Å². The van der Waals surface area contributed by atoms with Crippen molar-refractivity contribution in [2.24, 2.45) is 5.92 Å². The summed E-state index contributed by atoms with van der Waals surface area (Å²) in [6.45, 7) is 3.49. The number of nitrogens with zero attached hydrogens (tertiary/aromatic N) is 2. The van der Waals surface area contributed by atoms with E-state index in [4.69, 9.17) is 0 Å². The van der Waals surface area contributed by atoms with Crippen LogP contribution in [-0.2, 0) is 4.79 Å². The first kappa shape index (κ1) is 10.0. The summed E-state index contributed by atoms with van der Waals surface area (Å²) in [5, 5.41) is 5.96. The molecule has 1 aliphatic heterocycles. The molecule has 80 valence electrons. The van der Waals surface area contributed by atoms with Crippen molar-refractivity contribution in [3.63, 3.8) is 0 Å². The van der Waals surface area contributed by atoms with E-state index in [9.17, 15) is 4.79 Å². The van der Waals surface area contributed by atoms with E-state index >= 15 is 0 Å². The van der Waals surface area contributed by atoms with Crippen LogP contribution < -0.4 is 10.6 Å². The maximum Gasteiger partial charge on any atom is 0.228 e. The number of hydrogen-bond donors (Lipinski definition) is 2. The molecule has 2 N–H and O–H groups in total. The maximum absolute atomic E-state index is 11.7. The van der Waals surface area contributed by atoms with Crippen molar-refractivity contribution in [1.29, 1.82) is 0 Å². The van der Waals surface area contributed by atoms with Gasteiger partial charge < -0.3 is 10.6 Å². The van der Waals surface area contributed by atoms with Gasteiger partial charge in [0, 0.05) is 6.54 Å².